The molecule has 0 bridgehead atoms. The van der Waals surface area contributed by atoms with Crippen LogP contribution in [-0.2, 0) is 0 Å². The highest BCUT2D eigenvalue weighted by Crippen LogP contribution is 2.28. The van der Waals surface area contributed by atoms with Crippen molar-refractivity contribution in [2.24, 2.45) is 0 Å². The van der Waals surface area contributed by atoms with Crippen LogP contribution in [0, 0.1) is 35.3 Å². The molecule has 0 aliphatic rings. The fourth-order valence-corrected chi connectivity index (χ4v) is 3.30. The first-order chi connectivity index (χ1) is 13.0. The Balaban J connectivity index is 1.87. The minimum atomic E-state index is -0.439. The van der Waals surface area contributed by atoms with E-state index >= 15 is 0 Å². The van der Waals surface area contributed by atoms with Crippen LogP contribution in [0.15, 0.2) is 54.0 Å². The van der Waals surface area contributed by atoms with Crippen molar-refractivity contribution in [3.63, 3.8) is 0 Å². The van der Waals surface area contributed by atoms with Crippen LogP contribution < -0.4 is 5.32 Å². The Morgan fingerprint density at radius 1 is 1.30 bits per heavy atom. The predicted molar refractivity (Wildman–Crippen MR) is 107 cm³/mol. The SMILES string of the molecule is Cc1cccc(N/C=C(/C#N)c2nc(-c3cccc([N+](=O)[O-])c3)cs2)c1C. The van der Waals surface area contributed by atoms with Crippen LogP contribution in [0.25, 0.3) is 16.8 Å². The number of anilines is 1. The van der Waals surface area contributed by atoms with Gasteiger partial charge in [0.1, 0.15) is 16.6 Å². The number of nitro benzene ring substituents is 1. The van der Waals surface area contributed by atoms with Gasteiger partial charge in [-0.3, -0.25) is 10.1 Å². The van der Waals surface area contributed by atoms with E-state index in [9.17, 15) is 15.4 Å². The van der Waals surface area contributed by atoms with E-state index in [4.69, 9.17) is 0 Å². The third kappa shape index (κ3) is 4.02. The molecule has 0 fully saturated rings. The molecule has 2 aromatic carbocycles. The second-order valence-electron chi connectivity index (χ2n) is 5.91. The lowest BCUT2D eigenvalue weighted by Gasteiger charge is -2.08. The van der Waals surface area contributed by atoms with Crippen LogP contribution in [-0.4, -0.2) is 9.91 Å². The summed E-state index contributed by atoms with van der Waals surface area (Å²) in [4.78, 5) is 15.0. The van der Waals surface area contributed by atoms with Gasteiger partial charge in [0.05, 0.1) is 10.6 Å². The third-order valence-corrected chi connectivity index (χ3v) is 5.06. The van der Waals surface area contributed by atoms with E-state index in [1.165, 1.54) is 23.5 Å². The van der Waals surface area contributed by atoms with Gasteiger partial charge in [0.25, 0.3) is 5.69 Å². The number of allylic oxidation sites excluding steroid dienone is 1. The number of aryl methyl sites for hydroxylation is 1. The Bertz CT molecular complexity index is 1080. The third-order valence-electron chi connectivity index (χ3n) is 4.18. The number of nitrogens with one attached hydrogen (secondary N) is 1. The monoisotopic (exact) mass is 376 g/mol. The van der Waals surface area contributed by atoms with Crippen molar-refractivity contribution >= 4 is 28.3 Å². The van der Waals surface area contributed by atoms with Gasteiger partial charge in [-0.25, -0.2) is 4.98 Å². The van der Waals surface area contributed by atoms with Crippen molar-refractivity contribution in [1.82, 2.24) is 4.98 Å². The molecule has 3 aromatic rings. The first-order valence-corrected chi connectivity index (χ1v) is 9.01. The molecule has 0 spiro atoms. The summed E-state index contributed by atoms with van der Waals surface area (Å²) >= 11 is 1.32. The summed E-state index contributed by atoms with van der Waals surface area (Å²) in [5.41, 5.74) is 4.86. The summed E-state index contributed by atoms with van der Waals surface area (Å²) in [7, 11) is 0. The van der Waals surface area contributed by atoms with Crippen LogP contribution in [0.2, 0.25) is 0 Å². The number of hydrogen-bond donors (Lipinski definition) is 1. The van der Waals surface area contributed by atoms with Crippen molar-refractivity contribution in [1.29, 1.82) is 5.26 Å². The fourth-order valence-electron chi connectivity index (χ4n) is 2.51. The minimum Gasteiger partial charge on any atom is -0.360 e. The van der Waals surface area contributed by atoms with Crippen LogP contribution in [0.1, 0.15) is 16.1 Å². The number of nitro groups is 1. The Hall–Kier alpha value is -3.50. The van der Waals surface area contributed by atoms with Crippen molar-refractivity contribution in [3.8, 4) is 17.3 Å². The molecule has 0 unspecified atom stereocenters. The van der Waals surface area contributed by atoms with Crippen LogP contribution in [0.5, 0.6) is 0 Å². The summed E-state index contributed by atoms with van der Waals surface area (Å²) < 4.78 is 0. The predicted octanol–water partition coefficient (Wildman–Crippen LogP) is 5.31. The molecular formula is C20H16N4O2S. The van der Waals surface area contributed by atoms with Crippen LogP contribution in [0.4, 0.5) is 11.4 Å². The maximum atomic E-state index is 10.9. The van der Waals surface area contributed by atoms with E-state index in [0.717, 1.165) is 16.8 Å². The molecule has 1 N–H and O–H groups in total. The average Bonchev–Trinajstić information content (AvgIpc) is 3.15. The van der Waals surface area contributed by atoms with Gasteiger partial charge >= 0.3 is 0 Å². The number of nitriles is 1. The molecule has 0 aliphatic carbocycles. The van der Waals surface area contributed by atoms with Crippen molar-refractivity contribution in [2.45, 2.75) is 13.8 Å². The molecule has 0 aliphatic heterocycles. The van der Waals surface area contributed by atoms with Gasteiger partial charge in [0.2, 0.25) is 0 Å². The lowest BCUT2D eigenvalue weighted by molar-refractivity contribution is -0.384. The molecule has 0 saturated heterocycles. The molecule has 134 valence electrons. The van der Waals surface area contributed by atoms with E-state index in [1.54, 1.807) is 23.7 Å². The first-order valence-electron chi connectivity index (χ1n) is 8.13. The average molecular weight is 376 g/mol. The lowest BCUT2D eigenvalue weighted by atomic mass is 10.1. The molecular weight excluding hydrogens is 360 g/mol. The summed E-state index contributed by atoms with van der Waals surface area (Å²) in [6.45, 7) is 4.04. The maximum Gasteiger partial charge on any atom is 0.270 e. The Morgan fingerprint density at radius 2 is 2.07 bits per heavy atom. The van der Waals surface area contributed by atoms with Gasteiger partial charge in [-0.1, -0.05) is 24.3 Å². The smallest absolute Gasteiger partial charge is 0.270 e. The normalized spacial score (nSPS) is 11.1. The van der Waals surface area contributed by atoms with E-state index < -0.39 is 4.92 Å². The largest absolute Gasteiger partial charge is 0.360 e. The summed E-state index contributed by atoms with van der Waals surface area (Å²) in [5.74, 6) is 0. The van der Waals surface area contributed by atoms with E-state index in [-0.39, 0.29) is 5.69 Å². The number of aromatic nitrogens is 1. The summed E-state index contributed by atoms with van der Waals surface area (Å²) in [5, 5.41) is 26.0. The lowest BCUT2D eigenvalue weighted by Crippen LogP contribution is -1.95. The van der Waals surface area contributed by atoms with Crippen molar-refractivity contribution < 1.29 is 4.92 Å². The maximum absolute atomic E-state index is 10.9. The van der Waals surface area contributed by atoms with Crippen LogP contribution >= 0.6 is 11.3 Å². The highest BCUT2D eigenvalue weighted by molar-refractivity contribution is 7.11. The molecule has 3 rings (SSSR count). The quantitative estimate of drug-likeness (QED) is 0.370. The molecule has 27 heavy (non-hydrogen) atoms. The number of hydrogen-bond acceptors (Lipinski definition) is 6. The number of rotatable bonds is 5. The molecule has 0 atom stereocenters. The highest BCUT2D eigenvalue weighted by Gasteiger charge is 2.12. The zero-order chi connectivity index (χ0) is 19.4. The van der Waals surface area contributed by atoms with Gasteiger partial charge in [-0.05, 0) is 31.0 Å². The summed E-state index contributed by atoms with van der Waals surface area (Å²) in [6.07, 6.45) is 1.64. The number of thiazole rings is 1. The Morgan fingerprint density at radius 3 is 2.81 bits per heavy atom. The summed E-state index contributed by atoms with van der Waals surface area (Å²) in [6, 6.07) is 14.4. The Labute approximate surface area is 160 Å². The van der Waals surface area contributed by atoms with Gasteiger partial charge in [-0.2, -0.15) is 5.26 Å². The number of benzene rings is 2. The van der Waals surface area contributed by atoms with E-state index in [0.29, 0.717) is 21.8 Å². The Kier molecular flexibility index (Phi) is 5.29. The number of nitrogens with zero attached hydrogens (tertiary/aromatic N) is 3. The minimum absolute atomic E-state index is 0.00897. The fraction of sp³-hybridized carbons (Fsp3) is 0.100. The zero-order valence-electron chi connectivity index (χ0n) is 14.8. The molecule has 0 radical (unpaired) electrons. The molecule has 1 aromatic heterocycles. The van der Waals surface area contributed by atoms with Gasteiger partial charge in [0.15, 0.2) is 0 Å². The molecule has 6 nitrogen and oxygen atoms in total. The van der Waals surface area contributed by atoms with Gasteiger partial charge in [0, 0.05) is 35.0 Å². The second-order valence-corrected chi connectivity index (χ2v) is 6.77. The van der Waals surface area contributed by atoms with E-state index in [1.807, 2.05) is 32.0 Å². The standard InChI is InChI=1S/C20H16N4O2S/c1-13-5-3-8-18(14(13)2)22-11-16(10-21)20-23-19(12-27-20)15-6-4-7-17(9-15)24(25)26/h3-9,11-12,22H,1-2H3/b16-11-. The zero-order valence-corrected chi connectivity index (χ0v) is 15.6. The molecule has 0 saturated carbocycles. The number of non-ortho nitro benzene ring substituents is 1. The van der Waals surface area contributed by atoms with E-state index in [2.05, 4.69) is 16.4 Å². The van der Waals surface area contributed by atoms with Gasteiger partial charge in [-0.15, -0.1) is 11.3 Å². The molecule has 0 amide bonds. The first kappa shape index (κ1) is 18.3. The second kappa shape index (κ2) is 7.81. The molecule has 1 heterocycles. The topological polar surface area (TPSA) is 91.8 Å². The van der Waals surface area contributed by atoms with Crippen molar-refractivity contribution in [3.05, 3.63) is 80.3 Å². The van der Waals surface area contributed by atoms with Crippen LogP contribution in [0.3, 0.4) is 0 Å². The van der Waals surface area contributed by atoms with Crippen molar-refractivity contribution in [2.75, 3.05) is 5.32 Å². The highest BCUT2D eigenvalue weighted by atomic mass is 32.1. The molecule has 7 heteroatoms. The van der Waals surface area contributed by atoms with Gasteiger partial charge < -0.3 is 5.32 Å².